The minimum Gasteiger partial charge on any atom is -0.465 e. The molecule has 128 valence electrons. The van der Waals surface area contributed by atoms with E-state index in [0.29, 0.717) is 17.0 Å². The molecule has 1 aromatic carbocycles. The number of carbonyl (C=O) groups is 2. The van der Waals surface area contributed by atoms with Crippen molar-refractivity contribution in [3.8, 4) is 11.7 Å². The van der Waals surface area contributed by atoms with Crippen LogP contribution in [0.2, 0.25) is 0 Å². The van der Waals surface area contributed by atoms with Crippen molar-refractivity contribution in [2.45, 2.75) is 5.22 Å². The lowest BCUT2D eigenvalue weighted by Gasteiger charge is -2.05. The molecule has 2 heterocycles. The number of rotatable bonds is 6. The first kappa shape index (κ1) is 16.8. The van der Waals surface area contributed by atoms with Crippen molar-refractivity contribution < 1.29 is 23.2 Å². The number of hydrogen-bond acceptors (Lipinski definition) is 8. The molecular weight excluding hydrogens is 346 g/mol. The second-order valence-electron chi connectivity index (χ2n) is 4.76. The zero-order chi connectivity index (χ0) is 17.6. The van der Waals surface area contributed by atoms with Crippen molar-refractivity contribution in [3.05, 3.63) is 48.2 Å². The van der Waals surface area contributed by atoms with E-state index in [4.69, 9.17) is 8.83 Å². The molecule has 9 heteroatoms. The molecule has 25 heavy (non-hydrogen) atoms. The van der Waals surface area contributed by atoms with Gasteiger partial charge in [-0.2, -0.15) is 0 Å². The lowest BCUT2D eigenvalue weighted by molar-refractivity contribution is -0.113. The van der Waals surface area contributed by atoms with Crippen molar-refractivity contribution in [2.75, 3.05) is 18.2 Å². The minimum atomic E-state index is -0.433. The molecule has 1 N–H and O–H groups in total. The normalized spacial score (nSPS) is 10.4. The summed E-state index contributed by atoms with van der Waals surface area (Å²) < 4.78 is 15.2. The van der Waals surface area contributed by atoms with Crippen molar-refractivity contribution in [2.24, 2.45) is 0 Å². The second-order valence-corrected chi connectivity index (χ2v) is 5.68. The van der Waals surface area contributed by atoms with Crippen LogP contribution in [0.25, 0.3) is 11.7 Å². The predicted molar refractivity (Wildman–Crippen MR) is 89.1 cm³/mol. The molecule has 0 atom stereocenters. The maximum absolute atomic E-state index is 12.0. The lowest BCUT2D eigenvalue weighted by atomic mass is 10.2. The summed E-state index contributed by atoms with van der Waals surface area (Å²) in [5.41, 5.74) is 0.978. The second kappa shape index (κ2) is 7.67. The summed E-state index contributed by atoms with van der Waals surface area (Å²) in [7, 11) is 1.31. The van der Waals surface area contributed by atoms with Crippen molar-refractivity contribution >= 4 is 29.3 Å². The number of amides is 1. The van der Waals surface area contributed by atoms with E-state index in [1.165, 1.54) is 13.4 Å². The number of furan rings is 1. The minimum absolute atomic E-state index is 0.0958. The van der Waals surface area contributed by atoms with Gasteiger partial charge in [0.2, 0.25) is 5.91 Å². The topological polar surface area (TPSA) is 107 Å². The van der Waals surface area contributed by atoms with Gasteiger partial charge in [0, 0.05) is 5.69 Å². The lowest BCUT2D eigenvalue weighted by Crippen LogP contribution is -2.14. The molecule has 0 bridgehead atoms. The van der Waals surface area contributed by atoms with E-state index in [2.05, 4.69) is 20.3 Å². The van der Waals surface area contributed by atoms with Gasteiger partial charge in [-0.3, -0.25) is 4.79 Å². The standard InChI is InChI=1S/C16H13N3O5S/c1-22-15(21)10-4-6-11(7-5-10)17-13(20)9-25-16-19-18-14(24-16)12-3-2-8-23-12/h2-8H,9H2,1H3,(H,17,20). The Hall–Kier alpha value is -3.07. The van der Waals surface area contributed by atoms with Gasteiger partial charge in [0.05, 0.1) is 24.7 Å². The third-order valence-corrected chi connectivity index (χ3v) is 3.87. The van der Waals surface area contributed by atoms with Crippen LogP contribution in [0.1, 0.15) is 10.4 Å². The molecule has 0 fully saturated rings. The predicted octanol–water partition coefficient (Wildman–Crippen LogP) is 2.85. The molecule has 0 aliphatic heterocycles. The van der Waals surface area contributed by atoms with Gasteiger partial charge in [-0.05, 0) is 36.4 Å². The number of hydrogen-bond donors (Lipinski definition) is 1. The van der Waals surface area contributed by atoms with Crippen molar-refractivity contribution in [1.82, 2.24) is 10.2 Å². The van der Waals surface area contributed by atoms with Crippen molar-refractivity contribution in [1.29, 1.82) is 0 Å². The highest BCUT2D eigenvalue weighted by Crippen LogP contribution is 2.23. The average molecular weight is 359 g/mol. The quantitative estimate of drug-likeness (QED) is 0.529. The van der Waals surface area contributed by atoms with Crippen LogP contribution in [-0.4, -0.2) is 34.9 Å². The van der Waals surface area contributed by atoms with Crippen LogP contribution in [0.5, 0.6) is 0 Å². The molecular formula is C16H13N3O5S. The Bertz CT molecular complexity index is 858. The molecule has 8 nitrogen and oxygen atoms in total. The monoisotopic (exact) mass is 359 g/mol. The molecule has 3 aromatic rings. The Labute approximate surface area is 146 Å². The number of aromatic nitrogens is 2. The van der Waals surface area contributed by atoms with Crippen LogP contribution in [0.3, 0.4) is 0 Å². The van der Waals surface area contributed by atoms with E-state index in [1.54, 1.807) is 36.4 Å². The fourth-order valence-electron chi connectivity index (χ4n) is 1.90. The van der Waals surface area contributed by atoms with E-state index in [1.807, 2.05) is 0 Å². The maximum Gasteiger partial charge on any atom is 0.337 e. The maximum atomic E-state index is 12.0. The van der Waals surface area contributed by atoms with E-state index in [9.17, 15) is 9.59 Å². The van der Waals surface area contributed by atoms with Gasteiger partial charge in [-0.1, -0.05) is 11.8 Å². The summed E-state index contributed by atoms with van der Waals surface area (Å²) >= 11 is 1.11. The summed E-state index contributed by atoms with van der Waals surface area (Å²) in [6.07, 6.45) is 1.51. The Morgan fingerprint density at radius 3 is 2.68 bits per heavy atom. The SMILES string of the molecule is COC(=O)c1ccc(NC(=O)CSc2nnc(-c3ccco3)o2)cc1. The van der Waals surface area contributed by atoms with Gasteiger partial charge in [0.25, 0.3) is 11.1 Å². The van der Waals surface area contributed by atoms with Crippen LogP contribution >= 0.6 is 11.8 Å². The van der Waals surface area contributed by atoms with E-state index >= 15 is 0 Å². The molecule has 2 aromatic heterocycles. The zero-order valence-corrected chi connectivity index (χ0v) is 13.9. The van der Waals surface area contributed by atoms with E-state index in [0.717, 1.165) is 11.8 Å². The third kappa shape index (κ3) is 4.27. The van der Waals surface area contributed by atoms with Gasteiger partial charge in [0.1, 0.15) is 0 Å². The number of benzene rings is 1. The third-order valence-electron chi connectivity index (χ3n) is 3.05. The first-order chi connectivity index (χ1) is 12.2. The summed E-state index contributed by atoms with van der Waals surface area (Å²) in [4.78, 5) is 23.3. The molecule has 3 rings (SSSR count). The number of carbonyl (C=O) groups excluding carboxylic acids is 2. The van der Waals surface area contributed by atoms with Crippen LogP contribution in [-0.2, 0) is 9.53 Å². The highest BCUT2D eigenvalue weighted by molar-refractivity contribution is 7.99. The van der Waals surface area contributed by atoms with E-state index < -0.39 is 5.97 Å². The van der Waals surface area contributed by atoms with Crippen LogP contribution < -0.4 is 5.32 Å². The molecule has 0 radical (unpaired) electrons. The Kier molecular flexibility index (Phi) is 5.14. The molecule has 0 spiro atoms. The highest BCUT2D eigenvalue weighted by Gasteiger charge is 2.13. The first-order valence-electron chi connectivity index (χ1n) is 7.14. The molecule has 0 saturated heterocycles. The van der Waals surface area contributed by atoms with Gasteiger partial charge < -0.3 is 18.9 Å². The largest absolute Gasteiger partial charge is 0.465 e. The van der Waals surface area contributed by atoms with Gasteiger partial charge in [-0.15, -0.1) is 10.2 Å². The number of anilines is 1. The Morgan fingerprint density at radius 1 is 1.20 bits per heavy atom. The van der Waals surface area contributed by atoms with Gasteiger partial charge in [-0.25, -0.2) is 4.79 Å². The number of ether oxygens (including phenoxy) is 1. The summed E-state index contributed by atoms with van der Waals surface area (Å²) in [6.45, 7) is 0. The fraction of sp³-hybridized carbons (Fsp3) is 0.125. The molecule has 0 unspecified atom stereocenters. The molecule has 0 aliphatic carbocycles. The molecule has 1 amide bonds. The van der Waals surface area contributed by atoms with Crippen LogP contribution in [0.4, 0.5) is 5.69 Å². The number of nitrogens with zero attached hydrogens (tertiary/aromatic N) is 2. The first-order valence-corrected chi connectivity index (χ1v) is 8.12. The highest BCUT2D eigenvalue weighted by atomic mass is 32.2. The van der Waals surface area contributed by atoms with Crippen molar-refractivity contribution in [3.63, 3.8) is 0 Å². The molecule has 0 aliphatic rings. The number of nitrogens with one attached hydrogen (secondary N) is 1. The summed E-state index contributed by atoms with van der Waals surface area (Å²) in [6, 6.07) is 9.80. The Morgan fingerprint density at radius 2 is 2.00 bits per heavy atom. The number of esters is 1. The Balaban J connectivity index is 1.52. The van der Waals surface area contributed by atoms with Crippen LogP contribution in [0, 0.1) is 0 Å². The zero-order valence-electron chi connectivity index (χ0n) is 13.1. The molecule has 0 saturated carbocycles. The average Bonchev–Trinajstić information content (AvgIpc) is 3.31. The number of thioether (sulfide) groups is 1. The van der Waals surface area contributed by atoms with E-state index in [-0.39, 0.29) is 22.8 Å². The number of methoxy groups -OCH3 is 1. The summed E-state index contributed by atoms with van der Waals surface area (Å²) in [5.74, 6) is 0.144. The fourth-order valence-corrected chi connectivity index (χ4v) is 2.46. The van der Waals surface area contributed by atoms with Crippen LogP contribution in [0.15, 0.2) is 56.7 Å². The smallest absolute Gasteiger partial charge is 0.337 e. The van der Waals surface area contributed by atoms with Gasteiger partial charge >= 0.3 is 5.97 Å². The summed E-state index contributed by atoms with van der Waals surface area (Å²) in [5, 5.41) is 10.7. The van der Waals surface area contributed by atoms with Gasteiger partial charge in [0.15, 0.2) is 5.76 Å².